The summed E-state index contributed by atoms with van der Waals surface area (Å²) in [5.41, 5.74) is 0.370. The lowest BCUT2D eigenvalue weighted by atomic mass is 10.1. The van der Waals surface area contributed by atoms with Crippen LogP contribution in [0.2, 0.25) is 0 Å². The van der Waals surface area contributed by atoms with Crippen LogP contribution in [0, 0.1) is 0 Å². The molecule has 0 saturated carbocycles. The highest BCUT2D eigenvalue weighted by Crippen LogP contribution is 2.27. The number of likely N-dealkylation sites (tertiary alicyclic amines) is 1. The minimum atomic E-state index is -0.0755. The molecular weight excluding hydrogens is 312 g/mol. The van der Waals surface area contributed by atoms with E-state index in [1.165, 1.54) is 0 Å². The summed E-state index contributed by atoms with van der Waals surface area (Å²) in [4.78, 5) is 15.5. The predicted octanol–water partition coefficient (Wildman–Crippen LogP) is 3.08. The van der Waals surface area contributed by atoms with E-state index >= 15 is 0 Å². The van der Waals surface area contributed by atoms with E-state index in [2.05, 4.69) is 10.3 Å². The highest BCUT2D eigenvalue weighted by Gasteiger charge is 2.27. The average molecular weight is 328 g/mol. The van der Waals surface area contributed by atoms with Gasteiger partial charge < -0.3 is 9.42 Å². The largest absolute Gasteiger partial charge is 0.355 e. The predicted molar refractivity (Wildman–Crippen MR) is 86.2 cm³/mol. The Morgan fingerprint density at radius 3 is 3.13 bits per heavy atom. The van der Waals surface area contributed by atoms with Gasteiger partial charge in [0.15, 0.2) is 11.5 Å². The van der Waals surface area contributed by atoms with Crippen molar-refractivity contribution in [1.29, 1.82) is 0 Å². The number of piperidine rings is 1. The van der Waals surface area contributed by atoms with Gasteiger partial charge in [0, 0.05) is 31.5 Å². The molecule has 3 aromatic heterocycles. The number of carbonyl (C=O) groups excluding carboxylic acids is 1. The average Bonchev–Trinajstić information content (AvgIpc) is 3.36. The molecule has 0 unspecified atom stereocenters. The number of hydrogen-bond acceptors (Lipinski definition) is 5. The van der Waals surface area contributed by atoms with Crippen LogP contribution in [0.15, 0.2) is 46.6 Å². The summed E-state index contributed by atoms with van der Waals surface area (Å²) < 4.78 is 7.25. The molecule has 23 heavy (non-hydrogen) atoms. The van der Waals surface area contributed by atoms with E-state index in [9.17, 15) is 4.79 Å². The third kappa shape index (κ3) is 2.79. The van der Waals surface area contributed by atoms with Crippen LogP contribution < -0.4 is 0 Å². The van der Waals surface area contributed by atoms with Crippen LogP contribution in [0.25, 0.3) is 10.6 Å². The molecule has 1 atom stereocenters. The van der Waals surface area contributed by atoms with Gasteiger partial charge >= 0.3 is 0 Å². The molecule has 0 N–H and O–H groups in total. The van der Waals surface area contributed by atoms with Gasteiger partial charge in [-0.2, -0.15) is 5.10 Å². The van der Waals surface area contributed by atoms with Crippen LogP contribution in [0.1, 0.15) is 29.4 Å². The highest BCUT2D eigenvalue weighted by molar-refractivity contribution is 7.13. The molecule has 0 aliphatic carbocycles. The lowest BCUT2D eigenvalue weighted by molar-refractivity contribution is 0.0662. The van der Waals surface area contributed by atoms with Crippen molar-refractivity contribution in [2.24, 2.45) is 0 Å². The van der Waals surface area contributed by atoms with Crippen molar-refractivity contribution in [1.82, 2.24) is 19.8 Å². The van der Waals surface area contributed by atoms with Crippen molar-refractivity contribution in [2.75, 3.05) is 13.1 Å². The van der Waals surface area contributed by atoms with Gasteiger partial charge in [-0.1, -0.05) is 11.2 Å². The van der Waals surface area contributed by atoms with E-state index in [1.807, 2.05) is 39.4 Å². The second-order valence-electron chi connectivity index (χ2n) is 5.59. The fourth-order valence-corrected chi connectivity index (χ4v) is 3.60. The van der Waals surface area contributed by atoms with Crippen molar-refractivity contribution in [3.8, 4) is 10.6 Å². The maximum Gasteiger partial charge on any atom is 0.276 e. The van der Waals surface area contributed by atoms with Crippen molar-refractivity contribution < 1.29 is 9.32 Å². The Bertz CT molecular complexity index is 779. The van der Waals surface area contributed by atoms with E-state index < -0.39 is 0 Å². The fourth-order valence-electron chi connectivity index (χ4n) is 2.92. The molecule has 118 valence electrons. The maximum absolute atomic E-state index is 12.7. The molecule has 6 nitrogen and oxygen atoms in total. The molecule has 1 fully saturated rings. The summed E-state index contributed by atoms with van der Waals surface area (Å²) in [7, 11) is 0. The van der Waals surface area contributed by atoms with Gasteiger partial charge in [-0.05, 0) is 30.4 Å². The summed E-state index contributed by atoms with van der Waals surface area (Å²) in [5.74, 6) is 0.567. The van der Waals surface area contributed by atoms with E-state index in [-0.39, 0.29) is 11.9 Å². The number of aromatic nitrogens is 3. The van der Waals surface area contributed by atoms with Gasteiger partial charge in [0.2, 0.25) is 0 Å². The molecule has 0 spiro atoms. The number of carbonyl (C=O) groups is 1. The zero-order valence-corrected chi connectivity index (χ0v) is 13.3. The van der Waals surface area contributed by atoms with Gasteiger partial charge in [0.25, 0.3) is 5.91 Å². The van der Waals surface area contributed by atoms with Crippen LogP contribution in [0.5, 0.6) is 0 Å². The van der Waals surface area contributed by atoms with Crippen LogP contribution in [-0.4, -0.2) is 38.8 Å². The Morgan fingerprint density at radius 2 is 2.35 bits per heavy atom. The Morgan fingerprint density at radius 1 is 1.39 bits per heavy atom. The van der Waals surface area contributed by atoms with Crippen molar-refractivity contribution in [3.05, 3.63) is 47.7 Å². The number of hydrogen-bond donors (Lipinski definition) is 0. The van der Waals surface area contributed by atoms with Gasteiger partial charge in [-0.3, -0.25) is 9.48 Å². The Kier molecular flexibility index (Phi) is 3.70. The minimum absolute atomic E-state index is 0.0755. The molecule has 3 aromatic rings. The summed E-state index contributed by atoms with van der Waals surface area (Å²) in [5, 5.41) is 10.2. The molecule has 0 radical (unpaired) electrons. The molecule has 1 saturated heterocycles. The second-order valence-corrected chi connectivity index (χ2v) is 6.53. The monoisotopic (exact) mass is 328 g/mol. The van der Waals surface area contributed by atoms with Crippen molar-refractivity contribution in [3.63, 3.8) is 0 Å². The summed E-state index contributed by atoms with van der Waals surface area (Å²) in [6.07, 6.45) is 5.71. The van der Waals surface area contributed by atoms with E-state index in [4.69, 9.17) is 4.52 Å². The second kappa shape index (κ2) is 6.00. The molecular formula is C16H16N4O2S. The summed E-state index contributed by atoms with van der Waals surface area (Å²) >= 11 is 1.57. The molecule has 4 rings (SSSR count). The zero-order chi connectivity index (χ0) is 15.6. The molecule has 0 aromatic carbocycles. The third-order valence-corrected chi connectivity index (χ3v) is 4.96. The maximum atomic E-state index is 12.7. The Hall–Kier alpha value is -2.41. The molecule has 7 heteroatoms. The standard InChI is InChI=1S/C16H16N4O2S/c21-16(13-10-14(22-18-13)15-5-2-9-23-15)19-7-1-4-12(11-19)20-8-3-6-17-20/h2-3,5-6,8-10,12H,1,4,7,11H2/t12-/m0/s1. The first kappa shape index (κ1) is 14.2. The van der Waals surface area contributed by atoms with E-state index in [0.29, 0.717) is 18.0 Å². The van der Waals surface area contributed by atoms with Gasteiger partial charge in [0.05, 0.1) is 10.9 Å². The van der Waals surface area contributed by atoms with E-state index in [1.54, 1.807) is 23.6 Å². The van der Waals surface area contributed by atoms with Crippen LogP contribution in [-0.2, 0) is 0 Å². The summed E-state index contributed by atoms with van der Waals surface area (Å²) in [6.45, 7) is 1.40. The number of thiophene rings is 1. The van der Waals surface area contributed by atoms with Gasteiger partial charge in [0.1, 0.15) is 0 Å². The van der Waals surface area contributed by atoms with Crippen molar-refractivity contribution >= 4 is 17.2 Å². The number of nitrogens with zero attached hydrogens (tertiary/aromatic N) is 4. The number of rotatable bonds is 3. The minimum Gasteiger partial charge on any atom is -0.355 e. The van der Waals surface area contributed by atoms with Crippen LogP contribution in [0.4, 0.5) is 0 Å². The lowest BCUT2D eigenvalue weighted by Gasteiger charge is -2.32. The van der Waals surface area contributed by atoms with Gasteiger partial charge in [-0.15, -0.1) is 11.3 Å². The van der Waals surface area contributed by atoms with Crippen LogP contribution >= 0.6 is 11.3 Å². The van der Waals surface area contributed by atoms with E-state index in [0.717, 1.165) is 24.3 Å². The first-order chi connectivity index (χ1) is 11.3. The van der Waals surface area contributed by atoms with Crippen molar-refractivity contribution in [2.45, 2.75) is 18.9 Å². The zero-order valence-electron chi connectivity index (χ0n) is 12.5. The van der Waals surface area contributed by atoms with Gasteiger partial charge in [-0.25, -0.2) is 0 Å². The first-order valence-corrected chi connectivity index (χ1v) is 8.48. The highest BCUT2D eigenvalue weighted by atomic mass is 32.1. The lowest BCUT2D eigenvalue weighted by Crippen LogP contribution is -2.41. The normalized spacial score (nSPS) is 18.3. The Labute approximate surface area is 137 Å². The topological polar surface area (TPSA) is 64.2 Å². The van der Waals surface area contributed by atoms with Crippen LogP contribution in [0.3, 0.4) is 0 Å². The first-order valence-electron chi connectivity index (χ1n) is 7.60. The Balaban J connectivity index is 1.50. The molecule has 1 aliphatic heterocycles. The molecule has 0 bridgehead atoms. The quantitative estimate of drug-likeness (QED) is 0.741. The third-order valence-electron chi connectivity index (χ3n) is 4.08. The fraction of sp³-hybridized carbons (Fsp3) is 0.312. The summed E-state index contributed by atoms with van der Waals surface area (Å²) in [6, 6.07) is 7.76. The molecule has 4 heterocycles. The smallest absolute Gasteiger partial charge is 0.276 e. The molecule has 1 amide bonds. The molecule has 1 aliphatic rings. The number of amides is 1. The SMILES string of the molecule is O=C(c1cc(-c2cccs2)on1)N1CCC[C@H](n2cccn2)C1.